The van der Waals surface area contributed by atoms with E-state index in [1.54, 1.807) is 11.3 Å². The van der Waals surface area contributed by atoms with Crippen LogP contribution >= 0.6 is 34.4 Å². The van der Waals surface area contributed by atoms with Gasteiger partial charge >= 0.3 is 6.03 Å². The number of para-hydroxylation sites is 1. The first-order chi connectivity index (χ1) is 15.6. The number of hydrogen-bond donors (Lipinski definition) is 2. The molecule has 1 aromatic carbocycles. The maximum Gasteiger partial charge on any atom is 0.321 e. The molecular formula is C22H18N4O3S3. The molecule has 1 aliphatic rings. The van der Waals surface area contributed by atoms with Crippen LogP contribution in [0.4, 0.5) is 4.79 Å². The van der Waals surface area contributed by atoms with E-state index < -0.39 is 11.9 Å². The smallest absolute Gasteiger partial charge is 0.321 e. The van der Waals surface area contributed by atoms with Crippen molar-refractivity contribution in [1.29, 1.82) is 0 Å². The van der Waals surface area contributed by atoms with Gasteiger partial charge in [0, 0.05) is 21.9 Å². The Morgan fingerprint density at radius 1 is 1.12 bits per heavy atom. The van der Waals surface area contributed by atoms with Crippen molar-refractivity contribution in [3.8, 4) is 16.1 Å². The number of nitrogens with zero attached hydrogens (tertiary/aromatic N) is 2. The van der Waals surface area contributed by atoms with Gasteiger partial charge in [-0.3, -0.25) is 19.5 Å². The Kier molecular flexibility index (Phi) is 5.81. The lowest BCUT2D eigenvalue weighted by Gasteiger charge is -2.12. The van der Waals surface area contributed by atoms with Gasteiger partial charge in [-0.25, -0.2) is 9.78 Å². The fourth-order valence-corrected chi connectivity index (χ4v) is 5.84. The normalized spacial score (nSPS) is 13.2. The van der Waals surface area contributed by atoms with Gasteiger partial charge in [0.05, 0.1) is 16.8 Å². The summed E-state index contributed by atoms with van der Waals surface area (Å²) in [6, 6.07) is 12.9. The third kappa shape index (κ3) is 4.34. The van der Waals surface area contributed by atoms with Crippen LogP contribution in [0.1, 0.15) is 12.8 Å². The number of hydrogen-bond acceptors (Lipinski definition) is 7. The molecule has 1 saturated carbocycles. The maximum absolute atomic E-state index is 13.6. The summed E-state index contributed by atoms with van der Waals surface area (Å²) in [4.78, 5) is 44.1. The molecule has 10 heteroatoms. The number of carbonyl (C=O) groups is 2. The molecule has 1 fully saturated rings. The lowest BCUT2D eigenvalue weighted by molar-refractivity contribution is -0.117. The molecule has 0 unspecified atom stereocenters. The number of aromatic nitrogens is 2. The molecule has 1 aliphatic carbocycles. The lowest BCUT2D eigenvalue weighted by Crippen LogP contribution is -2.41. The maximum atomic E-state index is 13.6. The van der Waals surface area contributed by atoms with Gasteiger partial charge < -0.3 is 5.32 Å². The van der Waals surface area contributed by atoms with Crippen molar-refractivity contribution in [2.24, 2.45) is 0 Å². The summed E-state index contributed by atoms with van der Waals surface area (Å²) in [6.07, 6.45) is 1.88. The van der Waals surface area contributed by atoms with Crippen molar-refractivity contribution in [1.82, 2.24) is 20.2 Å². The topological polar surface area (TPSA) is 93.1 Å². The number of nitrogens with one attached hydrogen (secondary N) is 2. The molecule has 162 valence electrons. The van der Waals surface area contributed by atoms with E-state index >= 15 is 0 Å². The van der Waals surface area contributed by atoms with E-state index in [1.807, 2.05) is 53.2 Å². The van der Waals surface area contributed by atoms with Crippen molar-refractivity contribution >= 4 is 56.6 Å². The summed E-state index contributed by atoms with van der Waals surface area (Å²) in [7, 11) is 0. The van der Waals surface area contributed by atoms with Crippen LogP contribution in [-0.2, 0) is 4.79 Å². The number of imide groups is 1. The first-order valence-corrected chi connectivity index (χ1v) is 12.7. The number of urea groups is 1. The molecule has 7 nitrogen and oxygen atoms in total. The molecule has 0 spiro atoms. The first kappa shape index (κ1) is 20.9. The molecule has 0 saturated heterocycles. The highest BCUT2D eigenvalue weighted by atomic mass is 32.2. The molecule has 3 amide bonds. The van der Waals surface area contributed by atoms with Gasteiger partial charge in [-0.2, -0.15) is 0 Å². The Morgan fingerprint density at radius 3 is 2.66 bits per heavy atom. The van der Waals surface area contributed by atoms with Gasteiger partial charge in [0.2, 0.25) is 5.91 Å². The minimum absolute atomic E-state index is 0.0357. The second-order valence-electron chi connectivity index (χ2n) is 7.26. The number of thioether (sulfide) groups is 1. The molecule has 4 aromatic rings. The molecule has 2 N–H and O–H groups in total. The van der Waals surface area contributed by atoms with Gasteiger partial charge in [0.15, 0.2) is 5.16 Å². The van der Waals surface area contributed by atoms with Crippen LogP contribution in [0, 0.1) is 0 Å². The molecule has 0 radical (unpaired) electrons. The van der Waals surface area contributed by atoms with Gasteiger partial charge in [0.25, 0.3) is 5.56 Å². The highest BCUT2D eigenvalue weighted by molar-refractivity contribution is 7.99. The highest BCUT2D eigenvalue weighted by Crippen LogP contribution is 2.35. The zero-order valence-corrected chi connectivity index (χ0v) is 19.2. The zero-order chi connectivity index (χ0) is 22.1. The fourth-order valence-electron chi connectivity index (χ4n) is 3.23. The van der Waals surface area contributed by atoms with Crippen LogP contribution in [0.15, 0.2) is 63.2 Å². The molecule has 3 aromatic heterocycles. The standard InChI is InChI=1S/C22H18N4O3S3/c27-17(24-21(29)23-13-8-9-13)12-32-22-25-19-18(15(11-31-19)16-7-4-10-30-16)20(28)26(22)14-5-2-1-3-6-14/h1-7,10-11,13H,8-9,12H2,(H2,23,24,27,29). The Hall–Kier alpha value is -2.95. The van der Waals surface area contributed by atoms with Gasteiger partial charge in [-0.1, -0.05) is 36.0 Å². The molecule has 3 heterocycles. The fraction of sp³-hybridized carbons (Fsp3) is 0.182. The largest absolute Gasteiger partial charge is 0.335 e. The SMILES string of the molecule is O=C(CSc1nc2scc(-c3cccs3)c2c(=O)n1-c1ccccc1)NC(=O)NC1CC1. The number of rotatable bonds is 6. The van der Waals surface area contributed by atoms with Crippen LogP contribution < -0.4 is 16.2 Å². The number of benzene rings is 1. The third-order valence-corrected chi connectivity index (χ3v) is 7.59. The Morgan fingerprint density at radius 2 is 1.94 bits per heavy atom. The number of fused-ring (bicyclic) bond motifs is 1. The number of carbonyl (C=O) groups excluding carboxylic acids is 2. The van der Waals surface area contributed by atoms with Crippen molar-refractivity contribution in [2.75, 3.05) is 5.75 Å². The minimum atomic E-state index is -0.485. The van der Waals surface area contributed by atoms with Crippen LogP contribution in [-0.4, -0.2) is 33.3 Å². The Labute approximate surface area is 195 Å². The summed E-state index contributed by atoms with van der Waals surface area (Å²) in [6.45, 7) is 0. The van der Waals surface area contributed by atoms with Crippen LogP contribution in [0.3, 0.4) is 0 Å². The second-order valence-corrected chi connectivity index (χ2v) is 10.0. The summed E-state index contributed by atoms with van der Waals surface area (Å²) < 4.78 is 1.54. The van der Waals surface area contributed by atoms with Gasteiger partial charge in [-0.05, 0) is 36.4 Å². The van der Waals surface area contributed by atoms with E-state index in [0.717, 1.165) is 35.0 Å². The van der Waals surface area contributed by atoms with E-state index in [0.29, 0.717) is 21.1 Å². The molecule has 5 rings (SSSR count). The van der Waals surface area contributed by atoms with Crippen LogP contribution in [0.2, 0.25) is 0 Å². The number of thiophene rings is 2. The Balaban J connectivity index is 1.49. The Bertz CT molecular complexity index is 1340. The molecule has 0 aliphatic heterocycles. The van der Waals surface area contributed by atoms with Crippen molar-refractivity contribution in [2.45, 2.75) is 24.0 Å². The van der Waals surface area contributed by atoms with Crippen molar-refractivity contribution in [3.63, 3.8) is 0 Å². The van der Waals surface area contributed by atoms with Crippen LogP contribution in [0.5, 0.6) is 0 Å². The van der Waals surface area contributed by atoms with Crippen molar-refractivity contribution < 1.29 is 9.59 Å². The second kappa shape index (κ2) is 8.89. The summed E-state index contributed by atoms with van der Waals surface area (Å²) in [5.74, 6) is -0.473. The summed E-state index contributed by atoms with van der Waals surface area (Å²) in [5.41, 5.74) is 1.36. The van der Waals surface area contributed by atoms with E-state index in [4.69, 9.17) is 4.98 Å². The quantitative estimate of drug-likeness (QED) is 0.316. The molecule has 32 heavy (non-hydrogen) atoms. The molecular weight excluding hydrogens is 464 g/mol. The third-order valence-electron chi connectivity index (χ3n) is 4.88. The average Bonchev–Trinajstić information content (AvgIpc) is 3.25. The summed E-state index contributed by atoms with van der Waals surface area (Å²) in [5, 5.41) is 9.96. The molecule has 0 bridgehead atoms. The van der Waals surface area contributed by atoms with E-state index in [1.165, 1.54) is 15.9 Å². The predicted octanol–water partition coefficient (Wildman–Crippen LogP) is 4.26. The van der Waals surface area contributed by atoms with Crippen molar-refractivity contribution in [3.05, 3.63) is 63.6 Å². The number of amides is 3. The van der Waals surface area contributed by atoms with E-state index in [2.05, 4.69) is 10.6 Å². The van der Waals surface area contributed by atoms with Gasteiger partial charge in [0.1, 0.15) is 4.83 Å². The van der Waals surface area contributed by atoms with E-state index in [-0.39, 0.29) is 17.4 Å². The van der Waals surface area contributed by atoms with Gasteiger partial charge in [-0.15, -0.1) is 22.7 Å². The van der Waals surface area contributed by atoms with Crippen LogP contribution in [0.25, 0.3) is 26.3 Å². The predicted molar refractivity (Wildman–Crippen MR) is 129 cm³/mol. The molecule has 0 atom stereocenters. The zero-order valence-electron chi connectivity index (χ0n) is 16.7. The summed E-state index contributed by atoms with van der Waals surface area (Å²) >= 11 is 4.11. The average molecular weight is 483 g/mol. The monoisotopic (exact) mass is 482 g/mol. The first-order valence-electron chi connectivity index (χ1n) is 9.97. The highest BCUT2D eigenvalue weighted by Gasteiger charge is 2.24. The lowest BCUT2D eigenvalue weighted by atomic mass is 10.2. The minimum Gasteiger partial charge on any atom is -0.335 e. The van der Waals surface area contributed by atoms with E-state index in [9.17, 15) is 14.4 Å².